The fourth-order valence-electron chi connectivity index (χ4n) is 1.64. The third-order valence-corrected chi connectivity index (χ3v) is 3.52. The molecule has 8 heteroatoms. The number of hydrogen-bond donors (Lipinski definition) is 1. The molecule has 0 spiro atoms. The first-order valence-corrected chi connectivity index (χ1v) is 7.28. The van der Waals surface area contributed by atoms with E-state index in [-0.39, 0.29) is 6.54 Å². The number of rotatable bonds is 5. The van der Waals surface area contributed by atoms with E-state index < -0.39 is 0 Å². The maximum atomic E-state index is 5.40. The Balaban J connectivity index is 1.66. The van der Waals surface area contributed by atoms with E-state index in [0.717, 1.165) is 5.56 Å². The Bertz CT molecular complexity index is 722. The Kier molecular flexibility index (Phi) is 3.98. The van der Waals surface area contributed by atoms with Gasteiger partial charge in [0.1, 0.15) is 0 Å². The van der Waals surface area contributed by atoms with Crippen LogP contribution in [0.4, 0.5) is 0 Å². The maximum Gasteiger partial charge on any atom is 0.277 e. The van der Waals surface area contributed by atoms with Gasteiger partial charge in [0.05, 0.1) is 12.3 Å². The van der Waals surface area contributed by atoms with Crippen molar-refractivity contribution in [2.75, 3.05) is 0 Å². The van der Waals surface area contributed by atoms with Gasteiger partial charge < -0.3 is 14.7 Å². The molecule has 0 saturated carbocycles. The van der Waals surface area contributed by atoms with Crippen LogP contribution in [-0.4, -0.2) is 20.3 Å². The van der Waals surface area contributed by atoms with E-state index in [4.69, 9.17) is 14.7 Å². The molecule has 0 aliphatic heterocycles. The molecule has 0 radical (unpaired) electrons. The van der Waals surface area contributed by atoms with Crippen LogP contribution >= 0.6 is 11.8 Å². The molecule has 0 aliphatic rings. The van der Waals surface area contributed by atoms with Crippen molar-refractivity contribution in [2.45, 2.75) is 24.4 Å². The summed E-state index contributed by atoms with van der Waals surface area (Å²) in [7, 11) is 0. The molecule has 7 nitrogen and oxygen atoms in total. The van der Waals surface area contributed by atoms with Crippen molar-refractivity contribution in [3.8, 4) is 11.4 Å². The quantitative estimate of drug-likeness (QED) is 0.715. The van der Waals surface area contributed by atoms with Crippen LogP contribution in [0.2, 0.25) is 0 Å². The van der Waals surface area contributed by atoms with E-state index in [0.29, 0.717) is 28.6 Å². The van der Waals surface area contributed by atoms with Gasteiger partial charge in [-0.05, 0) is 6.92 Å². The number of thioether (sulfide) groups is 1. The number of nitrogens with zero attached hydrogens (tertiary/aromatic N) is 4. The second kappa shape index (κ2) is 6.06. The van der Waals surface area contributed by atoms with E-state index >= 15 is 0 Å². The average molecular weight is 303 g/mol. The number of benzene rings is 1. The molecule has 0 amide bonds. The fourth-order valence-corrected chi connectivity index (χ4v) is 2.25. The average Bonchev–Trinajstić information content (AvgIpc) is 3.15. The van der Waals surface area contributed by atoms with Gasteiger partial charge in [-0.15, -0.1) is 10.2 Å². The summed E-state index contributed by atoms with van der Waals surface area (Å²) in [6.45, 7) is 2.26. The third kappa shape index (κ3) is 3.29. The second-order valence-electron chi connectivity index (χ2n) is 4.33. The van der Waals surface area contributed by atoms with E-state index in [1.807, 2.05) is 31.2 Å². The van der Waals surface area contributed by atoms with E-state index in [1.54, 1.807) is 0 Å². The van der Waals surface area contributed by atoms with E-state index in [2.05, 4.69) is 20.3 Å². The van der Waals surface area contributed by atoms with Crippen molar-refractivity contribution in [1.82, 2.24) is 20.3 Å². The number of nitrogens with two attached hydrogens (primary N) is 1. The Morgan fingerprint density at radius 3 is 2.67 bits per heavy atom. The summed E-state index contributed by atoms with van der Waals surface area (Å²) in [6.07, 6.45) is 0. The first-order chi connectivity index (χ1) is 10.2. The molecule has 0 fully saturated rings. The van der Waals surface area contributed by atoms with Crippen LogP contribution in [0.5, 0.6) is 0 Å². The van der Waals surface area contributed by atoms with Crippen molar-refractivity contribution < 1.29 is 8.94 Å². The summed E-state index contributed by atoms with van der Waals surface area (Å²) in [5, 5.41) is 12.0. The van der Waals surface area contributed by atoms with Crippen LogP contribution in [0.1, 0.15) is 17.3 Å². The highest BCUT2D eigenvalue weighted by Gasteiger charge is 2.11. The lowest BCUT2D eigenvalue weighted by Crippen LogP contribution is -1.95. The zero-order chi connectivity index (χ0) is 14.7. The largest absolute Gasteiger partial charge is 0.415 e. The van der Waals surface area contributed by atoms with E-state index in [1.165, 1.54) is 17.3 Å². The van der Waals surface area contributed by atoms with Crippen LogP contribution in [-0.2, 0) is 12.3 Å². The first kappa shape index (κ1) is 13.8. The Hall–Kier alpha value is -2.19. The summed E-state index contributed by atoms with van der Waals surface area (Å²) >= 11 is 1.33. The van der Waals surface area contributed by atoms with Crippen molar-refractivity contribution in [1.29, 1.82) is 0 Å². The van der Waals surface area contributed by atoms with Gasteiger partial charge in [0.25, 0.3) is 5.22 Å². The molecule has 0 aliphatic carbocycles. The summed E-state index contributed by atoms with van der Waals surface area (Å²) in [5.41, 5.74) is 7.51. The molecule has 0 bridgehead atoms. The minimum Gasteiger partial charge on any atom is -0.415 e. The monoisotopic (exact) mass is 303 g/mol. The van der Waals surface area contributed by atoms with Crippen molar-refractivity contribution in [3.63, 3.8) is 0 Å². The summed E-state index contributed by atoms with van der Waals surface area (Å²) in [4.78, 5) is 4.34. The predicted molar refractivity (Wildman–Crippen MR) is 76.2 cm³/mol. The van der Waals surface area contributed by atoms with Gasteiger partial charge in [0, 0.05) is 5.56 Å². The Labute approximate surface area is 124 Å². The third-order valence-electron chi connectivity index (χ3n) is 2.72. The van der Waals surface area contributed by atoms with Gasteiger partial charge in [-0.2, -0.15) is 4.98 Å². The first-order valence-electron chi connectivity index (χ1n) is 6.29. The highest BCUT2D eigenvalue weighted by Crippen LogP contribution is 2.22. The Morgan fingerprint density at radius 2 is 1.95 bits per heavy atom. The lowest BCUT2D eigenvalue weighted by molar-refractivity contribution is 0.389. The van der Waals surface area contributed by atoms with Crippen LogP contribution in [0.25, 0.3) is 11.4 Å². The molecule has 108 valence electrons. The highest BCUT2D eigenvalue weighted by atomic mass is 32.2. The standard InChI is InChI=1S/C13H13N5O2S/c1-8-2-4-9(5-3-8)12-15-11(20-18-12)7-21-13-17-16-10(6-14)19-13/h2-5H,6-7,14H2,1H3. The second-order valence-corrected chi connectivity index (χ2v) is 5.26. The molecular weight excluding hydrogens is 290 g/mol. The molecule has 2 heterocycles. The number of aromatic nitrogens is 4. The SMILES string of the molecule is Cc1ccc(-c2noc(CSc3nnc(CN)o3)n2)cc1. The summed E-state index contributed by atoms with van der Waals surface area (Å²) in [5.74, 6) is 1.94. The fraction of sp³-hybridized carbons (Fsp3) is 0.231. The minimum atomic E-state index is 0.228. The molecule has 2 N–H and O–H groups in total. The summed E-state index contributed by atoms with van der Waals surface area (Å²) < 4.78 is 10.5. The topological polar surface area (TPSA) is 104 Å². The van der Waals surface area contributed by atoms with Gasteiger partial charge in [0.15, 0.2) is 0 Å². The maximum absolute atomic E-state index is 5.40. The van der Waals surface area contributed by atoms with Crippen LogP contribution in [0, 0.1) is 6.92 Å². The molecule has 0 atom stereocenters. The number of hydrogen-bond acceptors (Lipinski definition) is 8. The van der Waals surface area contributed by atoms with Crippen LogP contribution < -0.4 is 5.73 Å². The van der Waals surface area contributed by atoms with Crippen molar-refractivity contribution in [3.05, 3.63) is 41.6 Å². The lowest BCUT2D eigenvalue weighted by atomic mass is 10.1. The number of aryl methyl sites for hydroxylation is 1. The van der Waals surface area contributed by atoms with Gasteiger partial charge >= 0.3 is 0 Å². The van der Waals surface area contributed by atoms with E-state index in [9.17, 15) is 0 Å². The van der Waals surface area contributed by atoms with Crippen molar-refractivity contribution >= 4 is 11.8 Å². The van der Waals surface area contributed by atoms with Gasteiger partial charge in [-0.25, -0.2) is 0 Å². The molecule has 21 heavy (non-hydrogen) atoms. The zero-order valence-corrected chi connectivity index (χ0v) is 12.1. The molecule has 0 saturated heterocycles. The summed E-state index contributed by atoms with van der Waals surface area (Å²) in [6, 6.07) is 7.94. The highest BCUT2D eigenvalue weighted by molar-refractivity contribution is 7.98. The molecule has 3 rings (SSSR count). The normalized spacial score (nSPS) is 11.0. The molecule has 0 unspecified atom stereocenters. The molecule has 1 aromatic carbocycles. The minimum absolute atomic E-state index is 0.228. The lowest BCUT2D eigenvalue weighted by Gasteiger charge is -1.94. The van der Waals surface area contributed by atoms with Crippen LogP contribution in [0.3, 0.4) is 0 Å². The predicted octanol–water partition coefficient (Wildman–Crippen LogP) is 2.18. The van der Waals surface area contributed by atoms with Crippen LogP contribution in [0.15, 0.2) is 38.4 Å². The molecular formula is C13H13N5O2S. The van der Waals surface area contributed by atoms with Crippen molar-refractivity contribution in [2.24, 2.45) is 5.73 Å². The smallest absolute Gasteiger partial charge is 0.277 e. The van der Waals surface area contributed by atoms with Gasteiger partial charge in [-0.1, -0.05) is 46.7 Å². The van der Waals surface area contributed by atoms with Gasteiger partial charge in [-0.3, -0.25) is 0 Å². The molecule has 2 aromatic heterocycles. The Morgan fingerprint density at radius 1 is 1.14 bits per heavy atom. The van der Waals surface area contributed by atoms with Gasteiger partial charge in [0.2, 0.25) is 17.6 Å². The molecule has 3 aromatic rings. The zero-order valence-electron chi connectivity index (χ0n) is 11.3.